The van der Waals surface area contributed by atoms with Crippen molar-refractivity contribution < 1.29 is 77.2 Å². The molecule has 0 aromatic rings. The van der Waals surface area contributed by atoms with E-state index in [-0.39, 0.29) is 61.7 Å². The first-order valence-corrected chi connectivity index (χ1v) is 18.1. The molecular formula is C36H60O16. The zero-order valence-corrected chi connectivity index (χ0v) is 32.1. The average Bonchev–Trinajstić information content (AvgIpc) is 3.24. The van der Waals surface area contributed by atoms with Crippen LogP contribution in [0, 0.1) is 29.6 Å². The molecule has 3 N–H and O–H groups in total. The second-order valence-corrected chi connectivity index (χ2v) is 15.6. The van der Waals surface area contributed by atoms with Gasteiger partial charge in [-0.2, -0.15) is 0 Å². The predicted octanol–water partition coefficient (Wildman–Crippen LogP) is 2.55. The second-order valence-electron chi connectivity index (χ2n) is 15.6. The van der Waals surface area contributed by atoms with Crippen molar-refractivity contribution in [2.24, 2.45) is 29.6 Å². The molecule has 0 amide bonds. The molecule has 0 bridgehead atoms. The summed E-state index contributed by atoms with van der Waals surface area (Å²) in [6.07, 6.45) is -14.5. The molecule has 16 heteroatoms. The van der Waals surface area contributed by atoms with Gasteiger partial charge in [-0.25, -0.2) is 0 Å². The van der Waals surface area contributed by atoms with Crippen LogP contribution >= 0.6 is 0 Å². The number of aliphatic hydroxyl groups excluding tert-OH is 3. The van der Waals surface area contributed by atoms with E-state index in [1.807, 2.05) is 0 Å². The van der Waals surface area contributed by atoms with Crippen molar-refractivity contribution in [3.05, 3.63) is 0 Å². The summed E-state index contributed by atoms with van der Waals surface area (Å²) in [5.41, 5.74) is 0. The molecule has 2 rings (SSSR count). The maximum absolute atomic E-state index is 13.4. The first kappa shape index (κ1) is 45.3. The maximum atomic E-state index is 13.4. The molecule has 2 heterocycles. The largest absolute Gasteiger partial charge is 0.460 e. The van der Waals surface area contributed by atoms with Crippen molar-refractivity contribution in [3.8, 4) is 0 Å². The molecule has 2 aliphatic rings. The van der Waals surface area contributed by atoms with E-state index in [0.717, 1.165) is 0 Å². The molecule has 0 unspecified atom stereocenters. The third-order valence-corrected chi connectivity index (χ3v) is 7.81. The minimum atomic E-state index is -2.51. The third-order valence-electron chi connectivity index (χ3n) is 7.81. The Morgan fingerprint density at radius 1 is 0.577 bits per heavy atom. The van der Waals surface area contributed by atoms with Crippen LogP contribution in [-0.2, 0) is 61.9 Å². The van der Waals surface area contributed by atoms with Crippen LogP contribution in [0.1, 0.15) is 101 Å². The molecule has 0 radical (unpaired) electrons. The van der Waals surface area contributed by atoms with Gasteiger partial charge in [0.15, 0.2) is 6.10 Å². The molecule has 0 aromatic carbocycles. The van der Waals surface area contributed by atoms with Gasteiger partial charge < -0.3 is 48.5 Å². The molecule has 0 spiro atoms. The van der Waals surface area contributed by atoms with Crippen LogP contribution in [0.3, 0.4) is 0 Å². The Hall–Kier alpha value is -2.89. The first-order valence-electron chi connectivity index (χ1n) is 18.1. The fourth-order valence-corrected chi connectivity index (χ4v) is 5.48. The van der Waals surface area contributed by atoms with Gasteiger partial charge in [0.2, 0.25) is 24.8 Å². The fourth-order valence-electron chi connectivity index (χ4n) is 5.48. The van der Waals surface area contributed by atoms with Crippen LogP contribution in [0.2, 0.25) is 0 Å². The highest BCUT2D eigenvalue weighted by Gasteiger charge is 2.65. The highest BCUT2D eigenvalue weighted by Crippen LogP contribution is 2.41. The molecular weight excluding hydrogens is 688 g/mol. The molecule has 0 aromatic heterocycles. The first-order chi connectivity index (χ1) is 24.2. The highest BCUT2D eigenvalue weighted by atomic mass is 16.9. The minimum Gasteiger partial charge on any atom is -0.460 e. The van der Waals surface area contributed by atoms with E-state index < -0.39 is 98.1 Å². The average molecular weight is 749 g/mol. The Balaban J connectivity index is 2.80. The molecule has 2 fully saturated rings. The van der Waals surface area contributed by atoms with E-state index in [4.69, 9.17) is 37.9 Å². The molecule has 2 saturated heterocycles. The summed E-state index contributed by atoms with van der Waals surface area (Å²) in [7, 11) is 0. The minimum absolute atomic E-state index is 0.0552. The molecule has 9 atom stereocenters. The molecule has 16 nitrogen and oxygen atoms in total. The van der Waals surface area contributed by atoms with E-state index in [2.05, 4.69) is 0 Å². The summed E-state index contributed by atoms with van der Waals surface area (Å²) in [5.74, 6) is -7.21. The van der Waals surface area contributed by atoms with Gasteiger partial charge in [0, 0.05) is 32.1 Å². The molecule has 52 heavy (non-hydrogen) atoms. The summed E-state index contributed by atoms with van der Waals surface area (Å²) >= 11 is 0. The van der Waals surface area contributed by atoms with Gasteiger partial charge in [-0.05, 0) is 29.6 Å². The number of hydrogen-bond acceptors (Lipinski definition) is 16. The smallest absolute Gasteiger partial charge is 0.308 e. The second kappa shape index (κ2) is 20.5. The number of carbonyl (C=O) groups is 5. The van der Waals surface area contributed by atoms with Gasteiger partial charge in [0.1, 0.15) is 24.9 Å². The Morgan fingerprint density at radius 3 is 1.46 bits per heavy atom. The van der Waals surface area contributed by atoms with Crippen molar-refractivity contribution in [2.45, 2.75) is 156 Å². The van der Waals surface area contributed by atoms with Gasteiger partial charge in [0.05, 0.1) is 6.61 Å². The third kappa shape index (κ3) is 13.8. The van der Waals surface area contributed by atoms with Crippen LogP contribution in [0.15, 0.2) is 0 Å². The zero-order valence-electron chi connectivity index (χ0n) is 32.1. The number of carbonyl (C=O) groups excluding carboxylic acids is 5. The monoisotopic (exact) mass is 748 g/mol. The molecule has 0 aliphatic carbocycles. The summed E-state index contributed by atoms with van der Waals surface area (Å²) in [5, 5.41) is 31.9. The van der Waals surface area contributed by atoms with Crippen LogP contribution in [0.4, 0.5) is 0 Å². The quantitative estimate of drug-likeness (QED) is 0.128. The standard InChI is InChI=1S/C36H60O16/c1-18(2)11-24(38)45-17-36(51-34-31(47-25(39)12-19(3)4)30(44)29(43)23(16-37)46-34)33(49-27(41)14-21(7)8)32(48-26(40)13-20(5)6)35(52-36)50-28(42)15-22(9)10/h18-23,29-35,37,43-44H,11-17H2,1-10H3/t23-,29-,30+,31-,32+,33+,34-,35+,36-/m1/s1. The van der Waals surface area contributed by atoms with E-state index in [1.165, 1.54) is 0 Å². The lowest BCUT2D eigenvalue weighted by atomic mass is 9.98. The molecule has 0 saturated carbocycles. The summed E-state index contributed by atoms with van der Waals surface area (Å²) in [6, 6.07) is 0. The number of aliphatic hydroxyl groups is 3. The summed E-state index contributed by atoms with van der Waals surface area (Å²) in [4.78, 5) is 65.5. The normalized spacial score (nSPS) is 29.1. The fraction of sp³-hybridized carbons (Fsp3) is 0.861. The van der Waals surface area contributed by atoms with Gasteiger partial charge in [-0.3, -0.25) is 28.7 Å². The van der Waals surface area contributed by atoms with Gasteiger partial charge >= 0.3 is 29.8 Å². The van der Waals surface area contributed by atoms with Crippen LogP contribution in [-0.4, -0.2) is 113 Å². The maximum Gasteiger partial charge on any atom is 0.308 e. The Labute approximate surface area is 306 Å². The van der Waals surface area contributed by atoms with Gasteiger partial charge in [0.25, 0.3) is 5.79 Å². The zero-order chi connectivity index (χ0) is 39.5. The topological polar surface area (TPSA) is 220 Å². The Morgan fingerprint density at radius 2 is 1.00 bits per heavy atom. The molecule has 300 valence electrons. The van der Waals surface area contributed by atoms with Crippen LogP contribution in [0.25, 0.3) is 0 Å². The van der Waals surface area contributed by atoms with E-state index in [1.54, 1.807) is 69.2 Å². The van der Waals surface area contributed by atoms with E-state index >= 15 is 0 Å². The Kier molecular flexibility index (Phi) is 17.9. The number of rotatable bonds is 19. The van der Waals surface area contributed by atoms with Gasteiger partial charge in [-0.15, -0.1) is 0 Å². The number of ether oxygens (including phenoxy) is 8. The predicted molar refractivity (Wildman–Crippen MR) is 180 cm³/mol. The van der Waals surface area contributed by atoms with Crippen molar-refractivity contribution in [3.63, 3.8) is 0 Å². The lowest BCUT2D eigenvalue weighted by Crippen LogP contribution is -2.64. The number of esters is 5. The van der Waals surface area contributed by atoms with Gasteiger partial charge in [-0.1, -0.05) is 69.2 Å². The van der Waals surface area contributed by atoms with E-state index in [9.17, 15) is 39.3 Å². The lowest BCUT2D eigenvalue weighted by Gasteiger charge is -2.44. The van der Waals surface area contributed by atoms with Crippen molar-refractivity contribution in [1.82, 2.24) is 0 Å². The van der Waals surface area contributed by atoms with Crippen LogP contribution < -0.4 is 0 Å². The van der Waals surface area contributed by atoms with Crippen molar-refractivity contribution in [1.29, 1.82) is 0 Å². The lowest BCUT2D eigenvalue weighted by molar-refractivity contribution is -0.390. The summed E-state index contributed by atoms with van der Waals surface area (Å²) < 4.78 is 46.9. The van der Waals surface area contributed by atoms with Crippen molar-refractivity contribution >= 4 is 29.8 Å². The van der Waals surface area contributed by atoms with Crippen LogP contribution in [0.5, 0.6) is 0 Å². The number of hydrogen-bond donors (Lipinski definition) is 3. The SMILES string of the molecule is CC(C)CC(=O)OC[C@@]1(O[C@H]2O[C@H](CO)[C@@H](O)[C@H](O)[C@H]2OC(=O)CC(C)C)O[C@H](OC(=O)CC(C)C)[C@@H](OC(=O)CC(C)C)[C@@H]1OC(=O)CC(C)C. The Bertz CT molecular complexity index is 1180. The highest BCUT2D eigenvalue weighted by molar-refractivity contribution is 5.72. The van der Waals surface area contributed by atoms with Crippen molar-refractivity contribution in [2.75, 3.05) is 13.2 Å². The summed E-state index contributed by atoms with van der Waals surface area (Å²) in [6.45, 7) is 16.0. The molecule has 2 aliphatic heterocycles. The van der Waals surface area contributed by atoms with E-state index in [0.29, 0.717) is 0 Å².